The molecule has 0 bridgehead atoms. The Kier molecular flexibility index (Phi) is 4.01. The number of nitrogens with one attached hydrogen (secondary N) is 1. The molecule has 2 aromatic rings. The van der Waals surface area contributed by atoms with Crippen molar-refractivity contribution in [3.05, 3.63) is 65.0 Å². The summed E-state index contributed by atoms with van der Waals surface area (Å²) in [5.41, 5.74) is 0.345. The van der Waals surface area contributed by atoms with Crippen molar-refractivity contribution in [3.63, 3.8) is 0 Å². The van der Waals surface area contributed by atoms with E-state index in [9.17, 15) is 13.6 Å². The van der Waals surface area contributed by atoms with Crippen LogP contribution in [0.3, 0.4) is 0 Å². The Bertz CT molecular complexity index is 695. The van der Waals surface area contributed by atoms with Crippen molar-refractivity contribution in [2.24, 2.45) is 0 Å². The second kappa shape index (κ2) is 5.89. The molecule has 0 unspecified atom stereocenters. The lowest BCUT2D eigenvalue weighted by Gasteiger charge is -2.06. The van der Waals surface area contributed by atoms with E-state index < -0.39 is 17.7 Å². The molecule has 0 aliphatic carbocycles. The highest BCUT2D eigenvalue weighted by atomic mass is 19.1. The number of carbonyl (C=O) groups is 1. The SMILES string of the molecule is N#Cc1ccc(CNC(=O)c2cccc(F)n2)c(F)c1. The fourth-order valence-electron chi connectivity index (χ4n) is 1.56. The highest BCUT2D eigenvalue weighted by molar-refractivity contribution is 5.92. The fourth-order valence-corrected chi connectivity index (χ4v) is 1.56. The van der Waals surface area contributed by atoms with E-state index in [2.05, 4.69) is 10.3 Å². The van der Waals surface area contributed by atoms with Gasteiger partial charge < -0.3 is 5.32 Å². The van der Waals surface area contributed by atoms with Crippen molar-refractivity contribution in [1.82, 2.24) is 10.3 Å². The first-order valence-electron chi connectivity index (χ1n) is 5.69. The van der Waals surface area contributed by atoms with Gasteiger partial charge in [0.15, 0.2) is 0 Å². The molecule has 0 saturated heterocycles. The van der Waals surface area contributed by atoms with Crippen molar-refractivity contribution in [2.75, 3.05) is 0 Å². The van der Waals surface area contributed by atoms with Crippen LogP contribution < -0.4 is 5.32 Å². The van der Waals surface area contributed by atoms with Gasteiger partial charge in [0.05, 0.1) is 11.6 Å². The summed E-state index contributed by atoms with van der Waals surface area (Å²) in [6.07, 6.45) is 0. The molecule has 0 fully saturated rings. The first kappa shape index (κ1) is 13.6. The maximum Gasteiger partial charge on any atom is 0.270 e. The Balaban J connectivity index is 2.06. The number of benzene rings is 1. The van der Waals surface area contributed by atoms with Gasteiger partial charge in [-0.15, -0.1) is 0 Å². The monoisotopic (exact) mass is 273 g/mol. The lowest BCUT2D eigenvalue weighted by molar-refractivity contribution is 0.0944. The van der Waals surface area contributed by atoms with Gasteiger partial charge in [0.25, 0.3) is 5.91 Å². The zero-order valence-electron chi connectivity index (χ0n) is 10.2. The highest BCUT2D eigenvalue weighted by Gasteiger charge is 2.09. The molecule has 2 rings (SSSR count). The maximum absolute atomic E-state index is 13.6. The zero-order chi connectivity index (χ0) is 14.5. The van der Waals surface area contributed by atoms with Crippen LogP contribution in [0, 0.1) is 23.1 Å². The Labute approximate surface area is 113 Å². The third-order valence-electron chi connectivity index (χ3n) is 2.57. The predicted molar refractivity (Wildman–Crippen MR) is 66.5 cm³/mol. The predicted octanol–water partition coefficient (Wildman–Crippen LogP) is 2.16. The molecule has 1 amide bonds. The normalized spacial score (nSPS) is 9.85. The van der Waals surface area contributed by atoms with Crippen molar-refractivity contribution in [3.8, 4) is 6.07 Å². The molecular weight excluding hydrogens is 264 g/mol. The summed E-state index contributed by atoms with van der Waals surface area (Å²) in [7, 11) is 0. The number of pyridine rings is 1. The third-order valence-corrected chi connectivity index (χ3v) is 2.57. The molecular formula is C14H9F2N3O. The number of amides is 1. The van der Waals surface area contributed by atoms with Crippen LogP contribution in [0.25, 0.3) is 0 Å². The summed E-state index contributed by atoms with van der Waals surface area (Å²) >= 11 is 0. The summed E-state index contributed by atoms with van der Waals surface area (Å²) in [6, 6.07) is 9.59. The van der Waals surface area contributed by atoms with E-state index in [1.54, 1.807) is 0 Å². The number of rotatable bonds is 3. The quantitative estimate of drug-likeness (QED) is 0.871. The molecule has 1 aromatic carbocycles. The van der Waals surface area contributed by atoms with Crippen molar-refractivity contribution in [2.45, 2.75) is 6.54 Å². The van der Waals surface area contributed by atoms with Gasteiger partial charge in [0.1, 0.15) is 11.5 Å². The smallest absolute Gasteiger partial charge is 0.270 e. The van der Waals surface area contributed by atoms with Gasteiger partial charge in [-0.05, 0) is 24.3 Å². The van der Waals surface area contributed by atoms with Gasteiger partial charge in [-0.1, -0.05) is 12.1 Å². The fraction of sp³-hybridized carbons (Fsp3) is 0.0714. The molecule has 20 heavy (non-hydrogen) atoms. The summed E-state index contributed by atoms with van der Waals surface area (Å²) in [5, 5.41) is 11.0. The number of halogens is 2. The Hall–Kier alpha value is -2.81. The highest BCUT2D eigenvalue weighted by Crippen LogP contribution is 2.10. The minimum Gasteiger partial charge on any atom is -0.347 e. The van der Waals surface area contributed by atoms with Crippen LogP contribution in [0.5, 0.6) is 0 Å². The maximum atomic E-state index is 13.6. The molecule has 0 aliphatic heterocycles. The second-order valence-corrected chi connectivity index (χ2v) is 3.95. The van der Waals surface area contributed by atoms with E-state index in [4.69, 9.17) is 5.26 Å². The number of hydrogen-bond acceptors (Lipinski definition) is 3. The number of carbonyl (C=O) groups excluding carboxylic acids is 1. The van der Waals surface area contributed by atoms with Crippen LogP contribution >= 0.6 is 0 Å². The number of aromatic nitrogens is 1. The van der Waals surface area contributed by atoms with Crippen LogP contribution in [0.15, 0.2) is 36.4 Å². The minimum absolute atomic E-state index is 0.0748. The molecule has 6 heteroatoms. The van der Waals surface area contributed by atoms with Crippen LogP contribution in [-0.2, 0) is 6.54 Å². The van der Waals surface area contributed by atoms with Crippen molar-refractivity contribution < 1.29 is 13.6 Å². The standard InChI is InChI=1S/C14H9F2N3O/c15-11-6-9(7-17)4-5-10(11)8-18-14(20)12-2-1-3-13(16)19-12/h1-6H,8H2,(H,18,20). The Morgan fingerprint density at radius 3 is 2.75 bits per heavy atom. The molecule has 100 valence electrons. The molecule has 0 spiro atoms. The van der Waals surface area contributed by atoms with Gasteiger partial charge in [-0.25, -0.2) is 9.37 Å². The van der Waals surface area contributed by atoms with E-state index in [-0.39, 0.29) is 23.4 Å². The summed E-state index contributed by atoms with van der Waals surface area (Å²) in [5.74, 6) is -1.95. The average molecular weight is 273 g/mol. The lowest BCUT2D eigenvalue weighted by Crippen LogP contribution is -2.24. The van der Waals surface area contributed by atoms with Gasteiger partial charge in [0.2, 0.25) is 5.95 Å². The summed E-state index contributed by atoms with van der Waals surface area (Å²) in [4.78, 5) is 15.1. The lowest BCUT2D eigenvalue weighted by atomic mass is 10.1. The molecule has 0 radical (unpaired) electrons. The molecule has 0 saturated carbocycles. The van der Waals surface area contributed by atoms with E-state index in [1.165, 1.54) is 24.3 Å². The Morgan fingerprint density at radius 2 is 2.10 bits per heavy atom. The molecule has 4 nitrogen and oxygen atoms in total. The summed E-state index contributed by atoms with van der Waals surface area (Å²) < 4.78 is 26.4. The van der Waals surface area contributed by atoms with Crippen LogP contribution in [0.1, 0.15) is 21.6 Å². The number of nitriles is 1. The van der Waals surface area contributed by atoms with Crippen molar-refractivity contribution in [1.29, 1.82) is 5.26 Å². The molecule has 1 aromatic heterocycles. The second-order valence-electron chi connectivity index (χ2n) is 3.95. The largest absolute Gasteiger partial charge is 0.347 e. The number of nitrogens with zero attached hydrogens (tertiary/aromatic N) is 2. The van der Waals surface area contributed by atoms with E-state index in [0.717, 1.165) is 12.1 Å². The van der Waals surface area contributed by atoms with Crippen LogP contribution in [0.2, 0.25) is 0 Å². The van der Waals surface area contributed by atoms with Crippen molar-refractivity contribution >= 4 is 5.91 Å². The van der Waals surface area contributed by atoms with E-state index in [1.807, 2.05) is 6.07 Å². The summed E-state index contributed by atoms with van der Waals surface area (Å²) in [6.45, 7) is -0.0748. The molecule has 1 N–H and O–H groups in total. The first-order valence-corrected chi connectivity index (χ1v) is 5.69. The van der Waals surface area contributed by atoms with Gasteiger partial charge in [0, 0.05) is 12.1 Å². The topological polar surface area (TPSA) is 65.8 Å². The minimum atomic E-state index is -0.762. The van der Waals surface area contributed by atoms with Gasteiger partial charge in [-0.2, -0.15) is 9.65 Å². The van der Waals surface area contributed by atoms with E-state index >= 15 is 0 Å². The third kappa shape index (κ3) is 3.14. The van der Waals surface area contributed by atoms with Gasteiger partial charge >= 0.3 is 0 Å². The molecule has 1 heterocycles. The van der Waals surface area contributed by atoms with E-state index in [0.29, 0.717) is 0 Å². The van der Waals surface area contributed by atoms with Crippen LogP contribution in [0.4, 0.5) is 8.78 Å². The number of hydrogen-bond donors (Lipinski definition) is 1. The molecule has 0 atom stereocenters. The zero-order valence-corrected chi connectivity index (χ0v) is 10.2. The van der Waals surface area contributed by atoms with Gasteiger partial charge in [-0.3, -0.25) is 4.79 Å². The van der Waals surface area contributed by atoms with Crippen LogP contribution in [-0.4, -0.2) is 10.9 Å². The molecule has 0 aliphatic rings. The Morgan fingerprint density at radius 1 is 1.30 bits per heavy atom. The average Bonchev–Trinajstić information content (AvgIpc) is 2.45. The first-order chi connectivity index (χ1) is 9.60.